The van der Waals surface area contributed by atoms with Crippen molar-refractivity contribution in [2.45, 2.75) is 497 Å². The van der Waals surface area contributed by atoms with Gasteiger partial charge in [0, 0.05) is 58.9 Å². The van der Waals surface area contributed by atoms with Crippen LogP contribution in [0.1, 0.15) is 486 Å². The monoisotopic (exact) mass is 2090 g/mol. The maximum absolute atomic E-state index is 12.9. The highest BCUT2D eigenvalue weighted by Crippen LogP contribution is 2.35. The predicted octanol–water partition coefficient (Wildman–Crippen LogP) is 28.8. The van der Waals surface area contributed by atoms with Crippen LogP contribution in [0, 0.1) is 55.7 Å². The summed E-state index contributed by atoms with van der Waals surface area (Å²) in [6.45, 7) is 74.1. The maximum atomic E-state index is 12.9. The third kappa shape index (κ3) is 75.2. The number of carbonyl (C=O) groups excluding carboxylic acids is 12. The van der Waals surface area contributed by atoms with Gasteiger partial charge in [0.15, 0.2) is 0 Å². The molecule has 6 amide bonds. The van der Waals surface area contributed by atoms with Crippen LogP contribution in [0.3, 0.4) is 0 Å². The van der Waals surface area contributed by atoms with Gasteiger partial charge in [-0.1, -0.05) is 279 Å². The van der Waals surface area contributed by atoms with Gasteiger partial charge in [-0.05, 0) is 230 Å². The fraction of sp³-hybridized carbons (Fsp3) is 0.897. The molecular weight excluding hydrogens is 1860 g/mol. The van der Waals surface area contributed by atoms with Crippen molar-refractivity contribution in [1.82, 2.24) is 30.7 Å². The number of ether oxygens (including phenoxy) is 12. The summed E-state index contributed by atoms with van der Waals surface area (Å²) in [6.07, 6.45) is 40.4. The molecule has 1 saturated heterocycles. The van der Waals surface area contributed by atoms with Gasteiger partial charge in [-0.15, -0.1) is 0 Å². The smallest absolute Gasteiger partial charge is 0.409 e. The summed E-state index contributed by atoms with van der Waals surface area (Å²) in [4.78, 5) is 149. The number of carbonyl (C=O) groups is 12. The van der Waals surface area contributed by atoms with Crippen LogP contribution in [0.4, 0.5) is 28.8 Å². The highest BCUT2D eigenvalue weighted by Gasteiger charge is 2.46. The van der Waals surface area contributed by atoms with Crippen molar-refractivity contribution in [3.05, 3.63) is 0 Å². The summed E-state index contributed by atoms with van der Waals surface area (Å²) in [6, 6.07) is 0. The minimum Gasteiger partial charge on any atom is -0.462 e. The molecule has 30 nitrogen and oxygen atoms in total. The molecule has 3 N–H and O–H groups in total. The second-order valence-corrected chi connectivity index (χ2v) is 45.2. The first-order valence-corrected chi connectivity index (χ1v) is 57.1. The number of amides is 6. The topological polar surface area (TPSA) is 361 Å². The molecule has 1 aliphatic heterocycles. The van der Waals surface area contributed by atoms with E-state index in [1.54, 1.807) is 32.6 Å². The van der Waals surface area contributed by atoms with E-state index in [0.717, 1.165) is 142 Å². The van der Waals surface area contributed by atoms with Crippen molar-refractivity contribution in [2.24, 2.45) is 55.7 Å². The molecule has 146 heavy (non-hydrogen) atoms. The van der Waals surface area contributed by atoms with Crippen molar-refractivity contribution in [3.8, 4) is 0 Å². The molecule has 1 fully saturated rings. The molecule has 1 rings (SSSR count). The normalized spacial score (nSPS) is 12.9. The highest BCUT2D eigenvalue weighted by atomic mass is 16.6. The fourth-order valence-electron chi connectivity index (χ4n) is 13.3. The van der Waals surface area contributed by atoms with Crippen molar-refractivity contribution in [1.29, 1.82) is 0 Å². The van der Waals surface area contributed by atoms with Gasteiger partial charge in [-0.3, -0.25) is 28.8 Å². The largest absolute Gasteiger partial charge is 0.462 e. The predicted molar refractivity (Wildman–Crippen MR) is 589 cm³/mol. The molecule has 0 saturated carbocycles. The lowest BCUT2D eigenvalue weighted by Gasteiger charge is -2.41. The quantitative estimate of drug-likeness (QED) is 0.0289. The molecule has 0 aromatic carbocycles. The molecule has 1 heterocycles. The van der Waals surface area contributed by atoms with Crippen LogP contribution in [0.15, 0.2) is 0 Å². The van der Waals surface area contributed by atoms with Crippen molar-refractivity contribution < 1.29 is 114 Å². The van der Waals surface area contributed by atoms with Crippen molar-refractivity contribution >= 4 is 72.4 Å². The summed E-state index contributed by atoms with van der Waals surface area (Å²) in [5.41, 5.74) is -4.89. The third-order valence-corrected chi connectivity index (χ3v) is 27.9. The molecule has 0 bridgehead atoms. The van der Waals surface area contributed by atoms with E-state index in [1.807, 2.05) is 155 Å². The van der Waals surface area contributed by atoms with Crippen LogP contribution in [0.5, 0.6) is 0 Å². The minimum absolute atomic E-state index is 0.0106. The summed E-state index contributed by atoms with van der Waals surface area (Å²) in [7, 11) is 0. The first kappa shape index (κ1) is 147. The number of alkyl carbamates (subject to hydrolysis) is 3. The first-order valence-electron chi connectivity index (χ1n) is 57.1. The van der Waals surface area contributed by atoms with Crippen LogP contribution in [0.25, 0.3) is 0 Å². The standard InChI is InChI=1S/2C25H49NO4.C21H41NO4.C17H33NO4.C14H25NO4.C14H27NO4/c1-8-13-15-21(10-3)19-26(20-22(11-4)16-14-9-2)24(28)30-18-17-29-23(27)25(6,7)12-5;1-6-9-11-13-15-17-19-26(20-18-16-14-12-10-7-2)24(28)30-22-21-29-23(27)25(4,5)8-3;1-9-11-12-13-14-15-16-22-18(24)26-21(7,8)20(5,6)25-17(23)19(3,4)10-2;1-6-9-10-14(7-2)13-18-16(20)22-12-11-21-15(19)17(4,5)8-3;1-4-14(2,3)12(16)18-10-11-19-13(17)15-8-6-5-7-9-15;1-7-14(5,6)11(16)18-8-9-19-12(17)15-10-13(2,3)4/h21-22H,8-20H2,1-7H3;6-22H2,1-5H3;9-16H2,1-8H3,(H,22,24);14H,6-13H2,1-5H3,(H,18,20);4-11H2,1-3H3;7-10H2,1-6H3,(H,15,17). The van der Waals surface area contributed by atoms with Crippen LogP contribution < -0.4 is 16.0 Å². The van der Waals surface area contributed by atoms with E-state index in [-0.39, 0.29) is 126 Å². The van der Waals surface area contributed by atoms with Gasteiger partial charge in [0.2, 0.25) is 0 Å². The van der Waals surface area contributed by atoms with Crippen LogP contribution in [-0.4, -0.2) is 223 Å². The first-order chi connectivity index (χ1) is 68.4. The Morgan fingerprint density at radius 3 is 0.884 bits per heavy atom. The van der Waals surface area contributed by atoms with Crippen LogP contribution in [-0.2, 0) is 85.6 Å². The molecular formula is C116H224N6O24. The van der Waals surface area contributed by atoms with Gasteiger partial charge >= 0.3 is 72.4 Å². The van der Waals surface area contributed by atoms with E-state index in [4.69, 9.17) is 56.8 Å². The number of piperidine rings is 1. The Morgan fingerprint density at radius 1 is 0.274 bits per heavy atom. The summed E-state index contributed by atoms with van der Waals surface area (Å²) in [5, 5.41) is 8.22. The van der Waals surface area contributed by atoms with Gasteiger partial charge in [0.25, 0.3) is 0 Å². The SMILES string of the molecule is CCC(C)(C)C(=O)OCCOC(=O)N1CCCCC1.CCC(C)(C)C(=O)OCCOC(=O)NCC(C)(C)C.CCCCC(CC)CN(CC(CC)CCCC)C(=O)OCCOC(=O)C(C)(C)CC.CCCCC(CC)CNC(=O)OCCOC(=O)C(C)(C)CC.CCCCCCCCN(CCCCCCCC)C(=O)OCCOC(=O)C(C)(C)CC.CCCCCCCCNC(=O)OC(C)(C)C(C)(C)OC(=O)C(C)(C)CC. The number of likely N-dealkylation sites (tertiary alicyclic amines) is 1. The molecule has 0 aromatic rings. The molecule has 3 unspecified atom stereocenters. The molecule has 3 atom stereocenters. The number of nitrogens with zero attached hydrogens (tertiary/aromatic N) is 3. The van der Waals surface area contributed by atoms with Gasteiger partial charge in [-0.25, -0.2) is 28.8 Å². The number of esters is 6. The lowest BCUT2D eigenvalue weighted by molar-refractivity contribution is -0.190. The number of rotatable bonds is 70. The zero-order chi connectivity index (χ0) is 113. The number of nitrogens with one attached hydrogen (secondary N) is 3. The molecule has 0 spiro atoms. The van der Waals surface area contributed by atoms with E-state index in [0.29, 0.717) is 63.1 Å². The highest BCUT2D eigenvalue weighted by molar-refractivity contribution is 5.79. The molecule has 0 aliphatic carbocycles. The Kier molecular flexibility index (Phi) is 85.6. The van der Waals surface area contributed by atoms with E-state index >= 15 is 0 Å². The molecule has 30 heteroatoms. The Labute approximate surface area is 890 Å². The lowest BCUT2D eigenvalue weighted by Crippen LogP contribution is -2.54. The maximum Gasteiger partial charge on any atom is 0.409 e. The summed E-state index contributed by atoms with van der Waals surface area (Å²) >= 11 is 0. The second kappa shape index (κ2) is 85.1. The molecule has 0 radical (unpaired) electrons. The number of hydrogen-bond acceptors (Lipinski definition) is 24. The fourth-order valence-corrected chi connectivity index (χ4v) is 13.3. The second-order valence-electron chi connectivity index (χ2n) is 45.2. The van der Waals surface area contributed by atoms with Crippen molar-refractivity contribution in [3.63, 3.8) is 0 Å². The molecule has 862 valence electrons. The van der Waals surface area contributed by atoms with E-state index in [2.05, 4.69) is 78.3 Å². The Bertz CT molecular complexity index is 3370. The number of hydrogen-bond donors (Lipinski definition) is 3. The van der Waals surface area contributed by atoms with E-state index in [1.165, 1.54) is 122 Å². The van der Waals surface area contributed by atoms with Crippen LogP contribution >= 0.6 is 0 Å². The lowest BCUT2D eigenvalue weighted by atomic mass is 9.86. The molecule has 1 aliphatic rings. The van der Waals surface area contributed by atoms with Gasteiger partial charge < -0.3 is 87.5 Å². The number of unbranched alkanes of at least 4 members (excludes halogenated alkanes) is 18. The van der Waals surface area contributed by atoms with Gasteiger partial charge in [0.1, 0.15) is 77.3 Å². The Morgan fingerprint density at radius 2 is 0.555 bits per heavy atom. The Balaban J connectivity index is -0.000000549. The van der Waals surface area contributed by atoms with Gasteiger partial charge in [-0.2, -0.15) is 0 Å². The van der Waals surface area contributed by atoms with Crippen molar-refractivity contribution in [2.75, 3.05) is 125 Å². The van der Waals surface area contributed by atoms with E-state index < -0.39 is 62.0 Å². The third-order valence-electron chi connectivity index (χ3n) is 27.9. The minimum atomic E-state index is -0.947. The van der Waals surface area contributed by atoms with E-state index in [9.17, 15) is 57.5 Å². The van der Waals surface area contributed by atoms with Crippen LogP contribution in [0.2, 0.25) is 0 Å². The summed E-state index contributed by atoms with van der Waals surface area (Å²) < 4.78 is 63.0. The molecule has 0 aromatic heterocycles. The van der Waals surface area contributed by atoms with Gasteiger partial charge in [0.05, 0.1) is 32.5 Å². The average molecular weight is 2090 g/mol. The Hall–Kier alpha value is -7.56. The summed E-state index contributed by atoms with van der Waals surface area (Å²) in [5.74, 6) is -0.0351. The zero-order valence-corrected chi connectivity index (χ0v) is 99.9. The zero-order valence-electron chi connectivity index (χ0n) is 99.9. The average Bonchev–Trinajstić information content (AvgIpc) is 0.797.